The summed E-state index contributed by atoms with van der Waals surface area (Å²) in [6.45, 7) is 5.15. The van der Waals surface area contributed by atoms with Crippen LogP contribution in [0.15, 0.2) is 46.3 Å². The maximum absolute atomic E-state index is 13.4. The van der Waals surface area contributed by atoms with Crippen molar-refractivity contribution in [3.63, 3.8) is 0 Å². The molecule has 1 heterocycles. The first-order valence-electron chi connectivity index (χ1n) is 9.47. The van der Waals surface area contributed by atoms with E-state index in [1.807, 2.05) is 13.8 Å². The molecule has 1 aliphatic heterocycles. The summed E-state index contributed by atoms with van der Waals surface area (Å²) in [6.07, 6.45) is 1.76. The van der Waals surface area contributed by atoms with Gasteiger partial charge in [0.15, 0.2) is 16.7 Å². The van der Waals surface area contributed by atoms with E-state index in [-0.39, 0.29) is 18.3 Å². The number of ether oxygens (including phenoxy) is 2. The van der Waals surface area contributed by atoms with Gasteiger partial charge in [0.1, 0.15) is 12.4 Å². The van der Waals surface area contributed by atoms with E-state index >= 15 is 0 Å². The van der Waals surface area contributed by atoms with E-state index < -0.39 is 0 Å². The van der Waals surface area contributed by atoms with Crippen molar-refractivity contribution < 1.29 is 18.7 Å². The molecular formula is C22H22ClFN2O3S. The zero-order valence-corrected chi connectivity index (χ0v) is 18.5. The Morgan fingerprint density at radius 3 is 2.73 bits per heavy atom. The van der Waals surface area contributed by atoms with E-state index in [9.17, 15) is 9.18 Å². The molecule has 158 valence electrons. The fourth-order valence-corrected chi connectivity index (χ4v) is 4.32. The molecule has 8 heteroatoms. The lowest BCUT2D eigenvalue weighted by Gasteiger charge is -2.14. The third-order valence-electron chi connectivity index (χ3n) is 4.32. The van der Waals surface area contributed by atoms with Crippen LogP contribution < -0.4 is 9.47 Å². The Bertz CT molecular complexity index is 1010. The summed E-state index contributed by atoms with van der Waals surface area (Å²) in [5, 5.41) is 1.03. The number of hydrogen-bond donors (Lipinski definition) is 0. The van der Waals surface area contributed by atoms with Gasteiger partial charge in [0.05, 0.1) is 17.0 Å². The zero-order chi connectivity index (χ0) is 21.7. The van der Waals surface area contributed by atoms with Crippen LogP contribution >= 0.6 is 23.4 Å². The van der Waals surface area contributed by atoms with Crippen LogP contribution in [0.25, 0.3) is 6.08 Å². The van der Waals surface area contributed by atoms with Crippen molar-refractivity contribution in [2.24, 2.45) is 4.99 Å². The zero-order valence-electron chi connectivity index (χ0n) is 16.9. The fourth-order valence-electron chi connectivity index (χ4n) is 2.94. The van der Waals surface area contributed by atoms with Crippen molar-refractivity contribution in [3.05, 3.63) is 63.3 Å². The SMILES string of the molecule is CCN=C1S/C(=C/c2cc(Cl)c(OCc3cccc(F)c3)c(OC)c2)C(=O)N1CC. The standard InChI is InChI=1S/C22H22ClFN2O3S/c1-4-25-22-26(5-2)21(27)19(30-22)12-15-10-17(23)20(18(11-15)28-3)29-13-14-7-6-8-16(24)9-14/h6-12H,4-5,13H2,1-3H3/b19-12+,25-22?. The van der Waals surface area contributed by atoms with Gasteiger partial charge >= 0.3 is 0 Å². The van der Waals surface area contributed by atoms with Crippen LogP contribution in [0, 0.1) is 5.82 Å². The summed E-state index contributed by atoms with van der Waals surface area (Å²) in [5.74, 6) is 0.369. The lowest BCUT2D eigenvalue weighted by molar-refractivity contribution is -0.122. The Kier molecular flexibility index (Phi) is 7.39. The lowest BCUT2D eigenvalue weighted by atomic mass is 10.1. The van der Waals surface area contributed by atoms with E-state index in [4.69, 9.17) is 21.1 Å². The minimum absolute atomic E-state index is 0.0868. The topological polar surface area (TPSA) is 51.1 Å². The van der Waals surface area contributed by atoms with Crippen LogP contribution in [0.2, 0.25) is 5.02 Å². The highest BCUT2D eigenvalue weighted by Gasteiger charge is 2.31. The number of amides is 1. The number of rotatable bonds is 7. The number of benzene rings is 2. The van der Waals surface area contributed by atoms with Crippen LogP contribution in [-0.2, 0) is 11.4 Å². The van der Waals surface area contributed by atoms with Gasteiger partial charge in [-0.15, -0.1) is 0 Å². The molecular weight excluding hydrogens is 427 g/mol. The molecule has 1 saturated heterocycles. The van der Waals surface area contributed by atoms with Gasteiger partial charge in [0, 0.05) is 13.1 Å². The van der Waals surface area contributed by atoms with Crippen LogP contribution in [0.1, 0.15) is 25.0 Å². The molecule has 0 radical (unpaired) electrons. The molecule has 0 bridgehead atoms. The number of halogens is 2. The van der Waals surface area contributed by atoms with Crippen molar-refractivity contribution in [2.75, 3.05) is 20.2 Å². The molecule has 3 rings (SSSR count). The molecule has 1 aliphatic rings. The third-order valence-corrected chi connectivity index (χ3v) is 5.64. The first-order chi connectivity index (χ1) is 14.5. The molecule has 1 fully saturated rings. The Hall–Kier alpha value is -2.51. The molecule has 0 saturated carbocycles. The number of nitrogens with zero attached hydrogens (tertiary/aromatic N) is 2. The van der Waals surface area contributed by atoms with Gasteiger partial charge < -0.3 is 9.47 Å². The van der Waals surface area contributed by atoms with Gasteiger partial charge in [-0.1, -0.05) is 23.7 Å². The minimum atomic E-state index is -0.332. The molecule has 1 amide bonds. The van der Waals surface area contributed by atoms with Gasteiger partial charge in [-0.05, 0) is 67.1 Å². The average molecular weight is 449 g/mol. The minimum Gasteiger partial charge on any atom is -0.493 e. The van der Waals surface area contributed by atoms with Crippen molar-refractivity contribution in [3.8, 4) is 11.5 Å². The largest absolute Gasteiger partial charge is 0.493 e. The monoisotopic (exact) mass is 448 g/mol. The summed E-state index contributed by atoms with van der Waals surface area (Å²) >= 11 is 7.77. The smallest absolute Gasteiger partial charge is 0.266 e. The second kappa shape index (κ2) is 10.00. The van der Waals surface area contributed by atoms with Gasteiger partial charge in [-0.2, -0.15) is 0 Å². The molecule has 0 spiro atoms. The maximum Gasteiger partial charge on any atom is 0.266 e. The van der Waals surface area contributed by atoms with Gasteiger partial charge in [0.2, 0.25) is 0 Å². The van der Waals surface area contributed by atoms with E-state index in [1.54, 1.807) is 35.2 Å². The summed E-state index contributed by atoms with van der Waals surface area (Å²) in [4.78, 5) is 19.3. The van der Waals surface area contributed by atoms with Gasteiger partial charge in [0.25, 0.3) is 5.91 Å². The molecule has 30 heavy (non-hydrogen) atoms. The van der Waals surface area contributed by atoms with Crippen LogP contribution in [0.5, 0.6) is 11.5 Å². The van der Waals surface area contributed by atoms with E-state index in [0.717, 1.165) is 0 Å². The van der Waals surface area contributed by atoms with Crippen molar-refractivity contribution in [2.45, 2.75) is 20.5 Å². The molecule has 2 aromatic carbocycles. The molecule has 0 aliphatic carbocycles. The number of carbonyl (C=O) groups is 1. The molecule has 0 N–H and O–H groups in total. The highest BCUT2D eigenvalue weighted by Crippen LogP contribution is 2.39. The number of carbonyl (C=O) groups excluding carboxylic acids is 1. The van der Waals surface area contributed by atoms with Crippen LogP contribution in [-0.4, -0.2) is 36.2 Å². The molecule has 0 atom stereocenters. The first kappa shape index (κ1) is 22.2. The van der Waals surface area contributed by atoms with Crippen LogP contribution in [0.3, 0.4) is 0 Å². The number of likely N-dealkylation sites (N-methyl/N-ethyl adjacent to an activating group) is 1. The summed E-state index contributed by atoms with van der Waals surface area (Å²) in [6, 6.07) is 9.61. The molecule has 0 aromatic heterocycles. The number of thioether (sulfide) groups is 1. The van der Waals surface area contributed by atoms with Crippen molar-refractivity contribution in [1.29, 1.82) is 0 Å². The molecule has 5 nitrogen and oxygen atoms in total. The van der Waals surface area contributed by atoms with E-state index in [1.165, 1.54) is 31.0 Å². The highest BCUT2D eigenvalue weighted by atomic mass is 35.5. The Morgan fingerprint density at radius 2 is 2.07 bits per heavy atom. The second-order valence-electron chi connectivity index (χ2n) is 6.37. The maximum atomic E-state index is 13.4. The fraction of sp³-hybridized carbons (Fsp3) is 0.273. The van der Waals surface area contributed by atoms with E-state index in [2.05, 4.69) is 4.99 Å². The Balaban J connectivity index is 1.86. The highest BCUT2D eigenvalue weighted by molar-refractivity contribution is 8.18. The Labute approximate surface area is 184 Å². The Morgan fingerprint density at radius 1 is 1.27 bits per heavy atom. The first-order valence-corrected chi connectivity index (χ1v) is 10.7. The summed E-state index contributed by atoms with van der Waals surface area (Å²) in [5.41, 5.74) is 1.38. The predicted molar refractivity (Wildman–Crippen MR) is 120 cm³/mol. The van der Waals surface area contributed by atoms with Crippen LogP contribution in [0.4, 0.5) is 4.39 Å². The normalized spacial score (nSPS) is 16.6. The van der Waals surface area contributed by atoms with Crippen molar-refractivity contribution >= 4 is 40.5 Å². The quantitative estimate of drug-likeness (QED) is 0.534. The second-order valence-corrected chi connectivity index (χ2v) is 7.79. The van der Waals surface area contributed by atoms with Gasteiger partial charge in [-0.25, -0.2) is 4.39 Å². The summed E-state index contributed by atoms with van der Waals surface area (Å²) < 4.78 is 24.6. The lowest BCUT2D eigenvalue weighted by Crippen LogP contribution is -2.28. The number of amidine groups is 1. The number of methoxy groups -OCH3 is 1. The average Bonchev–Trinajstić information content (AvgIpc) is 3.01. The van der Waals surface area contributed by atoms with Crippen molar-refractivity contribution in [1.82, 2.24) is 4.90 Å². The molecule has 2 aromatic rings. The molecule has 0 unspecified atom stereocenters. The summed E-state index contributed by atoms with van der Waals surface area (Å²) in [7, 11) is 1.51. The van der Waals surface area contributed by atoms with E-state index in [0.29, 0.717) is 50.8 Å². The van der Waals surface area contributed by atoms with Gasteiger partial charge in [-0.3, -0.25) is 14.7 Å². The number of aliphatic imine (C=N–C) groups is 1. The third kappa shape index (κ3) is 4.96. The predicted octanol–water partition coefficient (Wildman–Crippen LogP) is 5.38. The number of hydrogen-bond acceptors (Lipinski definition) is 5.